The van der Waals surface area contributed by atoms with E-state index in [4.69, 9.17) is 12.2 Å². The summed E-state index contributed by atoms with van der Waals surface area (Å²) in [4.78, 5) is 5.75. The molecule has 0 saturated heterocycles. The predicted octanol–water partition coefficient (Wildman–Crippen LogP) is 2.31. The van der Waals surface area contributed by atoms with E-state index in [0.29, 0.717) is 5.11 Å². The molecule has 3 nitrogen and oxygen atoms in total. The number of thioether (sulfide) groups is 1. The molecule has 0 fully saturated rings. The van der Waals surface area contributed by atoms with Crippen molar-refractivity contribution in [2.45, 2.75) is 11.8 Å². The summed E-state index contributed by atoms with van der Waals surface area (Å²) in [6.45, 7) is 2.84. The molecule has 1 aliphatic heterocycles. The molecule has 1 aromatic carbocycles. The monoisotopic (exact) mass is 251 g/mol. The third-order valence-electron chi connectivity index (χ3n) is 2.08. The number of thiocarbonyl (C=S) groups is 1. The maximum Gasteiger partial charge on any atom is 0.171 e. The lowest BCUT2D eigenvalue weighted by Gasteiger charge is -2.16. The largest absolute Gasteiger partial charge is 0.363 e. The van der Waals surface area contributed by atoms with Gasteiger partial charge in [-0.1, -0.05) is 12.1 Å². The molecule has 0 atom stereocenters. The van der Waals surface area contributed by atoms with Crippen LogP contribution in [0.1, 0.15) is 6.92 Å². The summed E-state index contributed by atoms with van der Waals surface area (Å²) in [6, 6.07) is 8.12. The van der Waals surface area contributed by atoms with Gasteiger partial charge < -0.3 is 10.6 Å². The molecule has 0 aromatic heterocycles. The van der Waals surface area contributed by atoms with Gasteiger partial charge in [0.1, 0.15) is 5.84 Å². The first-order chi connectivity index (χ1) is 7.79. The Balaban J connectivity index is 2.09. The van der Waals surface area contributed by atoms with E-state index in [0.717, 1.165) is 23.8 Å². The van der Waals surface area contributed by atoms with Crippen LogP contribution in [-0.4, -0.2) is 23.2 Å². The van der Waals surface area contributed by atoms with Crippen molar-refractivity contribution in [1.82, 2.24) is 10.6 Å². The number of para-hydroxylation sites is 1. The van der Waals surface area contributed by atoms with E-state index in [-0.39, 0.29) is 0 Å². The van der Waals surface area contributed by atoms with Crippen LogP contribution >= 0.6 is 24.0 Å². The minimum Gasteiger partial charge on any atom is -0.363 e. The summed E-state index contributed by atoms with van der Waals surface area (Å²) in [7, 11) is 0. The second kappa shape index (κ2) is 5.32. The Morgan fingerprint density at radius 2 is 2.31 bits per heavy atom. The van der Waals surface area contributed by atoms with Gasteiger partial charge in [0, 0.05) is 11.4 Å². The van der Waals surface area contributed by atoms with Gasteiger partial charge in [-0.25, -0.2) is 4.99 Å². The highest BCUT2D eigenvalue weighted by atomic mass is 32.2. The van der Waals surface area contributed by atoms with Crippen LogP contribution in [0.4, 0.5) is 5.69 Å². The number of benzene rings is 1. The zero-order valence-electron chi connectivity index (χ0n) is 8.99. The van der Waals surface area contributed by atoms with Crippen molar-refractivity contribution in [3.63, 3.8) is 0 Å². The highest BCUT2D eigenvalue weighted by Gasteiger charge is 2.12. The number of hydrogen-bond acceptors (Lipinski definition) is 3. The van der Waals surface area contributed by atoms with E-state index in [1.165, 1.54) is 4.90 Å². The number of rotatable bonds is 1. The summed E-state index contributed by atoms with van der Waals surface area (Å²) in [5.74, 6) is 1.75. The first-order valence-corrected chi connectivity index (χ1v) is 6.53. The number of aliphatic imine (C=N–C) groups is 1. The fourth-order valence-electron chi connectivity index (χ4n) is 1.40. The Labute approximate surface area is 105 Å². The first-order valence-electron chi connectivity index (χ1n) is 5.14. The van der Waals surface area contributed by atoms with E-state index in [9.17, 15) is 0 Å². The minimum atomic E-state index is 0.640. The molecule has 0 aliphatic carbocycles. The van der Waals surface area contributed by atoms with Crippen molar-refractivity contribution >= 4 is 40.6 Å². The Morgan fingerprint density at radius 3 is 3.12 bits per heavy atom. The predicted molar refractivity (Wildman–Crippen MR) is 73.7 cm³/mol. The second-order valence-electron chi connectivity index (χ2n) is 3.30. The van der Waals surface area contributed by atoms with E-state index in [1.807, 2.05) is 25.1 Å². The van der Waals surface area contributed by atoms with Crippen LogP contribution < -0.4 is 10.6 Å². The van der Waals surface area contributed by atoms with E-state index < -0.39 is 0 Å². The van der Waals surface area contributed by atoms with Crippen molar-refractivity contribution in [3.8, 4) is 0 Å². The van der Waals surface area contributed by atoms with Crippen molar-refractivity contribution in [3.05, 3.63) is 24.3 Å². The van der Waals surface area contributed by atoms with Gasteiger partial charge in [0.05, 0.1) is 11.4 Å². The standard InChI is InChI=1S/C11H13N3S2/c1-2-12-11(15)14-10-7-16-9-6-4-3-5-8(9)13-10/h3-6H,2,7H2,1H3,(H2,12,13,14,15). The van der Waals surface area contributed by atoms with Crippen LogP contribution in [0, 0.1) is 0 Å². The van der Waals surface area contributed by atoms with Crippen molar-refractivity contribution in [1.29, 1.82) is 0 Å². The van der Waals surface area contributed by atoms with Gasteiger partial charge in [0.2, 0.25) is 0 Å². The van der Waals surface area contributed by atoms with E-state index >= 15 is 0 Å². The molecule has 1 aromatic rings. The maximum atomic E-state index is 5.12. The molecule has 0 bridgehead atoms. The Morgan fingerprint density at radius 1 is 1.50 bits per heavy atom. The van der Waals surface area contributed by atoms with E-state index in [2.05, 4.69) is 21.7 Å². The smallest absolute Gasteiger partial charge is 0.171 e. The molecule has 1 aliphatic rings. The molecule has 84 valence electrons. The fraction of sp³-hybridized carbons (Fsp3) is 0.273. The quantitative estimate of drug-likeness (QED) is 0.751. The lowest BCUT2D eigenvalue weighted by atomic mass is 10.3. The highest BCUT2D eigenvalue weighted by Crippen LogP contribution is 2.32. The second-order valence-corrected chi connectivity index (χ2v) is 4.72. The first kappa shape index (κ1) is 11.4. The van der Waals surface area contributed by atoms with Gasteiger partial charge in [-0.15, -0.1) is 11.8 Å². The van der Waals surface area contributed by atoms with Crippen LogP contribution in [0.5, 0.6) is 0 Å². The molecular formula is C11H13N3S2. The minimum absolute atomic E-state index is 0.640. The normalized spacial score (nSPS) is 13.7. The van der Waals surface area contributed by atoms with Gasteiger partial charge in [0.25, 0.3) is 0 Å². The van der Waals surface area contributed by atoms with Gasteiger partial charge in [0.15, 0.2) is 5.11 Å². The molecule has 1 heterocycles. The van der Waals surface area contributed by atoms with Crippen LogP contribution in [-0.2, 0) is 0 Å². The molecule has 16 heavy (non-hydrogen) atoms. The van der Waals surface area contributed by atoms with Crippen LogP contribution in [0.3, 0.4) is 0 Å². The molecule has 5 heteroatoms. The van der Waals surface area contributed by atoms with Gasteiger partial charge in [-0.2, -0.15) is 0 Å². The summed E-state index contributed by atoms with van der Waals surface area (Å²) >= 11 is 6.90. The highest BCUT2D eigenvalue weighted by molar-refractivity contribution is 8.00. The maximum absolute atomic E-state index is 5.12. The number of nitrogens with zero attached hydrogens (tertiary/aromatic N) is 1. The number of amidine groups is 1. The van der Waals surface area contributed by atoms with Crippen molar-refractivity contribution in [2.75, 3.05) is 12.3 Å². The fourth-order valence-corrected chi connectivity index (χ4v) is 2.52. The molecule has 0 radical (unpaired) electrons. The lowest BCUT2D eigenvalue weighted by molar-refractivity contribution is 0.955. The van der Waals surface area contributed by atoms with Gasteiger partial charge in [-0.3, -0.25) is 0 Å². The lowest BCUT2D eigenvalue weighted by Crippen LogP contribution is -2.40. The summed E-state index contributed by atoms with van der Waals surface area (Å²) in [5, 5.41) is 6.80. The molecule has 0 amide bonds. The average Bonchev–Trinajstić information content (AvgIpc) is 2.29. The van der Waals surface area contributed by atoms with Crippen LogP contribution in [0.25, 0.3) is 0 Å². The molecule has 0 unspecified atom stereocenters. The SMILES string of the molecule is CCNC(=S)NC1=Nc2ccccc2SC1. The zero-order chi connectivity index (χ0) is 11.4. The number of hydrogen-bond donors (Lipinski definition) is 2. The molecular weight excluding hydrogens is 238 g/mol. The van der Waals surface area contributed by atoms with Crippen LogP contribution in [0.2, 0.25) is 0 Å². The number of nitrogens with one attached hydrogen (secondary N) is 2. The molecule has 0 spiro atoms. The Hall–Kier alpha value is -1.07. The number of fused-ring (bicyclic) bond motifs is 1. The zero-order valence-corrected chi connectivity index (χ0v) is 10.6. The Bertz CT molecular complexity index is 429. The summed E-state index contributed by atoms with van der Waals surface area (Å²) in [6.07, 6.45) is 0. The van der Waals surface area contributed by atoms with Gasteiger partial charge >= 0.3 is 0 Å². The molecule has 2 rings (SSSR count). The van der Waals surface area contributed by atoms with Crippen molar-refractivity contribution in [2.24, 2.45) is 4.99 Å². The topological polar surface area (TPSA) is 36.4 Å². The average molecular weight is 251 g/mol. The Kier molecular flexibility index (Phi) is 3.79. The summed E-state index contributed by atoms with van der Waals surface area (Å²) < 4.78 is 0. The molecule has 2 N–H and O–H groups in total. The van der Waals surface area contributed by atoms with Gasteiger partial charge in [-0.05, 0) is 31.3 Å². The third-order valence-corrected chi connectivity index (χ3v) is 3.40. The third kappa shape index (κ3) is 2.74. The van der Waals surface area contributed by atoms with E-state index in [1.54, 1.807) is 11.8 Å². The van der Waals surface area contributed by atoms with Crippen LogP contribution in [0.15, 0.2) is 34.2 Å². The molecule has 0 saturated carbocycles. The summed E-state index contributed by atoms with van der Waals surface area (Å²) in [5.41, 5.74) is 1.01. The van der Waals surface area contributed by atoms with Crippen molar-refractivity contribution < 1.29 is 0 Å².